The molecule has 0 bridgehead atoms. The Kier molecular flexibility index (Phi) is 6.74. The molecule has 0 aliphatic rings. The summed E-state index contributed by atoms with van der Waals surface area (Å²) < 4.78 is 5.73. The summed E-state index contributed by atoms with van der Waals surface area (Å²) in [6.45, 7) is 3.77. The Labute approximate surface area is 178 Å². The molecule has 0 aliphatic carbocycles. The number of hydrogen-bond donors (Lipinski definition) is 2. The molecule has 0 unspecified atom stereocenters. The van der Waals surface area contributed by atoms with Crippen molar-refractivity contribution in [3.8, 4) is 11.3 Å². The molecule has 0 saturated heterocycles. The van der Waals surface area contributed by atoms with Crippen LogP contribution < -0.4 is 10.6 Å². The fourth-order valence-electron chi connectivity index (χ4n) is 2.70. The van der Waals surface area contributed by atoms with Crippen LogP contribution in [0.3, 0.4) is 0 Å². The third-order valence-corrected chi connectivity index (χ3v) is 4.19. The molecule has 8 nitrogen and oxygen atoms in total. The second-order valence-corrected chi connectivity index (χ2v) is 6.39. The number of nitro benzene ring substituents is 1. The number of carbonyl (C=O) groups is 2. The van der Waals surface area contributed by atoms with Gasteiger partial charge in [-0.05, 0) is 24.3 Å². The van der Waals surface area contributed by atoms with Gasteiger partial charge in [0.15, 0.2) is 0 Å². The third-order valence-electron chi connectivity index (χ3n) is 4.19. The molecule has 8 heteroatoms. The van der Waals surface area contributed by atoms with Crippen LogP contribution in [0.5, 0.6) is 0 Å². The summed E-state index contributed by atoms with van der Waals surface area (Å²) in [5.74, 6) is -0.294. The Morgan fingerprint density at radius 3 is 2.55 bits per heavy atom. The van der Waals surface area contributed by atoms with Gasteiger partial charge < -0.3 is 15.1 Å². The lowest BCUT2D eigenvalue weighted by molar-refractivity contribution is -0.384. The second kappa shape index (κ2) is 9.84. The predicted octanol–water partition coefficient (Wildman–Crippen LogP) is 3.93. The van der Waals surface area contributed by atoms with Crippen molar-refractivity contribution in [1.82, 2.24) is 10.6 Å². The van der Waals surface area contributed by atoms with Gasteiger partial charge in [-0.1, -0.05) is 36.4 Å². The highest BCUT2D eigenvalue weighted by molar-refractivity contribution is 6.05. The molecule has 0 atom stereocenters. The van der Waals surface area contributed by atoms with E-state index in [2.05, 4.69) is 17.2 Å². The minimum Gasteiger partial charge on any atom is -0.457 e. The van der Waals surface area contributed by atoms with Crippen molar-refractivity contribution in [3.63, 3.8) is 0 Å². The maximum Gasteiger partial charge on any atom is 0.270 e. The van der Waals surface area contributed by atoms with E-state index in [4.69, 9.17) is 4.42 Å². The molecule has 2 aromatic carbocycles. The van der Waals surface area contributed by atoms with E-state index in [0.29, 0.717) is 22.6 Å². The van der Waals surface area contributed by atoms with Gasteiger partial charge in [-0.2, -0.15) is 0 Å². The van der Waals surface area contributed by atoms with Gasteiger partial charge in [0.05, 0.1) is 4.92 Å². The van der Waals surface area contributed by atoms with Gasteiger partial charge in [-0.3, -0.25) is 19.7 Å². The molecule has 0 spiro atoms. The lowest BCUT2D eigenvalue weighted by atomic mass is 10.1. The molecule has 0 radical (unpaired) electrons. The van der Waals surface area contributed by atoms with Crippen LogP contribution in [-0.4, -0.2) is 23.3 Å². The van der Waals surface area contributed by atoms with E-state index in [1.54, 1.807) is 54.6 Å². The summed E-state index contributed by atoms with van der Waals surface area (Å²) in [6, 6.07) is 17.7. The zero-order chi connectivity index (χ0) is 22.2. The van der Waals surface area contributed by atoms with Gasteiger partial charge in [-0.15, -0.1) is 6.58 Å². The van der Waals surface area contributed by atoms with Gasteiger partial charge in [0, 0.05) is 35.9 Å². The van der Waals surface area contributed by atoms with Crippen LogP contribution in [0.4, 0.5) is 5.69 Å². The molecule has 31 heavy (non-hydrogen) atoms. The first-order valence-electron chi connectivity index (χ1n) is 9.30. The van der Waals surface area contributed by atoms with E-state index in [1.807, 2.05) is 0 Å². The number of benzene rings is 2. The molecule has 3 aromatic rings. The van der Waals surface area contributed by atoms with Crippen LogP contribution in [0, 0.1) is 10.1 Å². The van der Waals surface area contributed by atoms with Crippen molar-refractivity contribution < 1.29 is 18.9 Å². The zero-order valence-corrected chi connectivity index (χ0v) is 16.4. The van der Waals surface area contributed by atoms with Gasteiger partial charge in [-0.25, -0.2) is 0 Å². The number of rotatable bonds is 8. The van der Waals surface area contributed by atoms with Crippen molar-refractivity contribution >= 4 is 23.6 Å². The van der Waals surface area contributed by atoms with E-state index >= 15 is 0 Å². The minimum atomic E-state index is -0.516. The summed E-state index contributed by atoms with van der Waals surface area (Å²) in [6.07, 6.45) is 2.90. The molecule has 3 rings (SSSR count). The number of carbonyl (C=O) groups excluding carboxylic acids is 2. The highest BCUT2D eigenvalue weighted by atomic mass is 16.6. The van der Waals surface area contributed by atoms with Crippen molar-refractivity contribution in [2.75, 3.05) is 6.54 Å². The quantitative estimate of drug-likeness (QED) is 0.249. The van der Waals surface area contributed by atoms with Crippen LogP contribution in [0.1, 0.15) is 16.1 Å². The van der Waals surface area contributed by atoms with Crippen molar-refractivity contribution in [3.05, 3.63) is 107 Å². The van der Waals surface area contributed by atoms with E-state index in [-0.39, 0.29) is 17.9 Å². The average Bonchev–Trinajstić information content (AvgIpc) is 3.26. The normalized spacial score (nSPS) is 10.9. The molecule has 0 fully saturated rings. The topological polar surface area (TPSA) is 114 Å². The third kappa shape index (κ3) is 5.54. The van der Waals surface area contributed by atoms with E-state index < -0.39 is 16.7 Å². The minimum absolute atomic E-state index is 0.0179. The van der Waals surface area contributed by atoms with Crippen molar-refractivity contribution in [1.29, 1.82) is 0 Å². The van der Waals surface area contributed by atoms with Crippen LogP contribution in [-0.2, 0) is 4.79 Å². The van der Waals surface area contributed by atoms with Crippen LogP contribution in [0.25, 0.3) is 17.4 Å². The smallest absolute Gasteiger partial charge is 0.270 e. The summed E-state index contributed by atoms with van der Waals surface area (Å²) >= 11 is 0. The Hall–Kier alpha value is -4.46. The van der Waals surface area contributed by atoms with Crippen LogP contribution >= 0.6 is 0 Å². The molecule has 156 valence electrons. The Morgan fingerprint density at radius 2 is 1.84 bits per heavy atom. The lowest BCUT2D eigenvalue weighted by Crippen LogP contribution is -2.34. The highest BCUT2D eigenvalue weighted by Crippen LogP contribution is 2.26. The van der Waals surface area contributed by atoms with Crippen LogP contribution in [0.15, 0.2) is 89.5 Å². The van der Waals surface area contributed by atoms with Crippen molar-refractivity contribution in [2.24, 2.45) is 0 Å². The van der Waals surface area contributed by atoms with Gasteiger partial charge in [0.25, 0.3) is 17.5 Å². The largest absolute Gasteiger partial charge is 0.457 e. The SMILES string of the molecule is C=CCNC(=O)/C(=C/c1ccc(-c2cccc([N+](=O)[O-])c2)o1)NC(=O)c1ccccc1. The molecule has 0 aliphatic heterocycles. The van der Waals surface area contributed by atoms with Crippen molar-refractivity contribution in [2.45, 2.75) is 0 Å². The number of nitro groups is 1. The zero-order valence-electron chi connectivity index (χ0n) is 16.4. The summed E-state index contributed by atoms with van der Waals surface area (Å²) in [7, 11) is 0. The fourth-order valence-corrected chi connectivity index (χ4v) is 2.70. The van der Waals surface area contributed by atoms with Gasteiger partial charge in [0.2, 0.25) is 0 Å². The summed E-state index contributed by atoms with van der Waals surface area (Å²) in [4.78, 5) is 35.5. The first kappa shape index (κ1) is 21.3. The predicted molar refractivity (Wildman–Crippen MR) is 116 cm³/mol. The fraction of sp³-hybridized carbons (Fsp3) is 0.0435. The molecule has 0 saturated carbocycles. The first-order valence-corrected chi connectivity index (χ1v) is 9.30. The molecule has 2 amide bonds. The molecule has 1 aromatic heterocycles. The molecule has 2 N–H and O–H groups in total. The van der Waals surface area contributed by atoms with E-state index in [9.17, 15) is 19.7 Å². The van der Waals surface area contributed by atoms with E-state index in [0.717, 1.165) is 0 Å². The van der Waals surface area contributed by atoms with Gasteiger partial charge >= 0.3 is 0 Å². The van der Waals surface area contributed by atoms with Crippen LogP contribution in [0.2, 0.25) is 0 Å². The monoisotopic (exact) mass is 417 g/mol. The number of nitrogens with one attached hydrogen (secondary N) is 2. The average molecular weight is 417 g/mol. The van der Waals surface area contributed by atoms with E-state index in [1.165, 1.54) is 24.3 Å². The number of hydrogen-bond acceptors (Lipinski definition) is 5. The molecular weight excluding hydrogens is 398 g/mol. The lowest BCUT2D eigenvalue weighted by Gasteiger charge is -2.09. The first-order chi connectivity index (χ1) is 15.0. The number of furan rings is 1. The number of nitrogens with zero attached hydrogens (tertiary/aromatic N) is 1. The second-order valence-electron chi connectivity index (χ2n) is 6.39. The van der Waals surface area contributed by atoms with Gasteiger partial charge in [0.1, 0.15) is 17.2 Å². The maximum atomic E-state index is 12.5. The Balaban J connectivity index is 1.88. The molecule has 1 heterocycles. The number of non-ortho nitro benzene ring substituents is 1. The number of amides is 2. The Bertz CT molecular complexity index is 1150. The maximum absolute atomic E-state index is 12.5. The summed E-state index contributed by atoms with van der Waals surface area (Å²) in [5, 5.41) is 16.2. The highest BCUT2D eigenvalue weighted by Gasteiger charge is 2.16. The Morgan fingerprint density at radius 1 is 1.06 bits per heavy atom. The standard InChI is InChI=1S/C23H19N3O5/c1-2-13-24-23(28)20(25-22(27)16-7-4-3-5-8-16)15-19-11-12-21(31-19)17-9-6-10-18(14-17)26(29)30/h2-12,14-15H,1,13H2,(H,24,28)(H,25,27)/b20-15-. The molecular formula is C23H19N3O5. The summed E-state index contributed by atoms with van der Waals surface area (Å²) in [5.41, 5.74) is 0.822.